The summed E-state index contributed by atoms with van der Waals surface area (Å²) < 4.78 is 18.0. The number of aliphatic hydroxyl groups is 4. The van der Waals surface area contributed by atoms with E-state index in [2.05, 4.69) is 5.10 Å². The molecule has 1 aromatic heterocycles. The van der Waals surface area contributed by atoms with E-state index in [1.165, 1.54) is 10.7 Å². The molecule has 12 nitrogen and oxygen atoms in total. The molecule has 198 valence electrons. The minimum Gasteiger partial charge on any atom is -0.490 e. The molecule has 2 heterocycles. The van der Waals surface area contributed by atoms with Crippen molar-refractivity contribution in [2.75, 3.05) is 13.2 Å². The van der Waals surface area contributed by atoms with Gasteiger partial charge in [0.15, 0.2) is 6.29 Å². The smallest absolute Gasteiger partial charge is 0.360 e. The van der Waals surface area contributed by atoms with Gasteiger partial charge in [-0.2, -0.15) is 5.10 Å². The maximum absolute atomic E-state index is 13.1. The lowest BCUT2D eigenvalue weighted by atomic mass is 9.99. The van der Waals surface area contributed by atoms with E-state index < -0.39 is 60.5 Å². The third-order valence-electron chi connectivity index (χ3n) is 5.84. The zero-order chi connectivity index (χ0) is 26.9. The van der Waals surface area contributed by atoms with Crippen LogP contribution in [0.5, 0.6) is 5.75 Å². The van der Waals surface area contributed by atoms with Gasteiger partial charge in [0.25, 0.3) is 0 Å². The average molecular weight is 537 g/mol. The summed E-state index contributed by atoms with van der Waals surface area (Å²) in [5, 5.41) is 53.4. The molecule has 0 radical (unpaired) electrons. The molecule has 2 aromatic carbocycles. The zero-order valence-electron chi connectivity index (χ0n) is 19.5. The Balaban J connectivity index is 1.62. The first kappa shape index (κ1) is 26.9. The molecule has 1 aliphatic heterocycles. The van der Waals surface area contributed by atoms with Crippen LogP contribution in [0, 0.1) is 0 Å². The van der Waals surface area contributed by atoms with Crippen LogP contribution in [0.2, 0.25) is 5.02 Å². The largest absolute Gasteiger partial charge is 0.490 e. The van der Waals surface area contributed by atoms with E-state index in [1.807, 2.05) is 0 Å². The standard InChI is InChI=1S/C24H25ClN2O10/c1-11(36-24-22(32)21(31)19(29)16(9-28)37-24)10-35-15-4-2-3-14-17(15)20(30)18(23(33)34)26-27(14)13-7-5-12(25)6-8-13/h2-8,11,16,19,21-22,24,28-29,31-32H,9-10H2,1H3,(H,33,34)/t11?,16-,19-,21+,22-,24-/m1/s1. The molecule has 1 unspecified atom stereocenters. The first-order chi connectivity index (χ1) is 17.6. The molecule has 0 spiro atoms. The highest BCUT2D eigenvalue weighted by Crippen LogP contribution is 2.27. The van der Waals surface area contributed by atoms with Crippen LogP contribution in [0.3, 0.4) is 0 Å². The third-order valence-corrected chi connectivity index (χ3v) is 6.09. The Bertz CT molecular complexity index is 1330. The first-order valence-electron chi connectivity index (χ1n) is 11.3. The minimum absolute atomic E-state index is 0.0232. The summed E-state index contributed by atoms with van der Waals surface area (Å²) in [5.74, 6) is -1.44. The summed E-state index contributed by atoms with van der Waals surface area (Å²) in [6.45, 7) is 0.799. The molecule has 3 aromatic rings. The van der Waals surface area contributed by atoms with Gasteiger partial charge in [0.1, 0.15) is 36.8 Å². The molecule has 1 saturated heterocycles. The fourth-order valence-electron chi connectivity index (χ4n) is 3.94. The van der Waals surface area contributed by atoms with Crippen molar-refractivity contribution in [2.45, 2.75) is 43.7 Å². The Kier molecular flexibility index (Phi) is 8.09. The first-order valence-corrected chi connectivity index (χ1v) is 11.6. The Hall–Kier alpha value is -3.10. The lowest BCUT2D eigenvalue weighted by Crippen LogP contribution is -2.59. The average Bonchev–Trinajstić information content (AvgIpc) is 2.88. The lowest BCUT2D eigenvalue weighted by Gasteiger charge is -2.40. The molecule has 0 amide bonds. The SMILES string of the molecule is CC(COc1cccc2c1c(=O)c(C(=O)O)nn2-c1ccc(Cl)cc1)O[C@@H]1O[C@H](CO)[C@@H](O)[C@H](O)[C@H]1O. The number of nitrogens with zero attached hydrogens (tertiary/aromatic N) is 2. The van der Waals surface area contributed by atoms with Crippen molar-refractivity contribution >= 4 is 28.5 Å². The Morgan fingerprint density at radius 3 is 2.49 bits per heavy atom. The molecule has 4 rings (SSSR count). The Morgan fingerprint density at radius 1 is 1.14 bits per heavy atom. The van der Waals surface area contributed by atoms with Crippen molar-refractivity contribution in [1.82, 2.24) is 9.78 Å². The lowest BCUT2D eigenvalue weighted by molar-refractivity contribution is -0.311. The van der Waals surface area contributed by atoms with Crippen LogP contribution in [-0.4, -0.2) is 91.3 Å². The second kappa shape index (κ2) is 11.1. The molecule has 6 atom stereocenters. The molecule has 1 aliphatic rings. The van der Waals surface area contributed by atoms with Gasteiger partial charge < -0.3 is 39.7 Å². The summed E-state index contributed by atoms with van der Waals surface area (Å²) in [6, 6.07) is 11.1. The molecule has 13 heteroatoms. The quantitative estimate of drug-likeness (QED) is 0.267. The molecule has 1 fully saturated rings. The summed E-state index contributed by atoms with van der Waals surface area (Å²) in [7, 11) is 0. The molecule has 5 N–H and O–H groups in total. The number of carboxylic acid groups (broad SMARTS) is 1. The van der Waals surface area contributed by atoms with E-state index in [0.29, 0.717) is 10.7 Å². The van der Waals surface area contributed by atoms with Crippen molar-refractivity contribution in [3.63, 3.8) is 0 Å². The number of carbonyl (C=O) groups is 1. The van der Waals surface area contributed by atoms with Gasteiger partial charge in [-0.25, -0.2) is 9.48 Å². The fraction of sp³-hybridized carbons (Fsp3) is 0.375. The number of fused-ring (bicyclic) bond motifs is 1. The van der Waals surface area contributed by atoms with E-state index in [9.17, 15) is 35.1 Å². The predicted molar refractivity (Wildman–Crippen MR) is 129 cm³/mol. The molecular formula is C24H25ClN2O10. The van der Waals surface area contributed by atoms with Crippen molar-refractivity contribution in [2.24, 2.45) is 0 Å². The number of hydrogen-bond donors (Lipinski definition) is 5. The van der Waals surface area contributed by atoms with Gasteiger partial charge in [-0.3, -0.25) is 4.79 Å². The second-order valence-corrected chi connectivity index (χ2v) is 8.91. The van der Waals surface area contributed by atoms with Crippen LogP contribution < -0.4 is 10.2 Å². The maximum Gasteiger partial charge on any atom is 0.360 e. The van der Waals surface area contributed by atoms with Gasteiger partial charge in [-0.1, -0.05) is 17.7 Å². The highest BCUT2D eigenvalue weighted by Gasteiger charge is 2.44. The highest BCUT2D eigenvalue weighted by atomic mass is 35.5. The van der Waals surface area contributed by atoms with Crippen LogP contribution in [0.4, 0.5) is 0 Å². The number of benzene rings is 2. The summed E-state index contributed by atoms with van der Waals surface area (Å²) in [5.41, 5.74) is -0.791. The van der Waals surface area contributed by atoms with Crippen molar-refractivity contribution in [1.29, 1.82) is 0 Å². The van der Waals surface area contributed by atoms with Crippen molar-refractivity contribution in [3.05, 3.63) is 63.4 Å². The molecule has 37 heavy (non-hydrogen) atoms. The van der Waals surface area contributed by atoms with E-state index in [4.69, 9.17) is 25.8 Å². The van der Waals surface area contributed by atoms with Crippen LogP contribution in [0.1, 0.15) is 17.4 Å². The number of hydrogen-bond acceptors (Lipinski definition) is 10. The molecule has 0 bridgehead atoms. The highest BCUT2D eigenvalue weighted by molar-refractivity contribution is 6.30. The Labute approximate surface area is 214 Å². The van der Waals surface area contributed by atoms with Crippen molar-refractivity contribution < 1.29 is 44.5 Å². The topological polar surface area (TPSA) is 181 Å². The summed E-state index contributed by atoms with van der Waals surface area (Å²) in [4.78, 5) is 24.8. The van der Waals surface area contributed by atoms with E-state index >= 15 is 0 Å². The number of aliphatic hydroxyl groups excluding tert-OH is 4. The number of aromatic nitrogens is 2. The predicted octanol–water partition coefficient (Wildman–Crippen LogP) is 0.321. The number of halogens is 1. The van der Waals surface area contributed by atoms with Crippen molar-refractivity contribution in [3.8, 4) is 11.4 Å². The van der Waals surface area contributed by atoms with Gasteiger partial charge >= 0.3 is 5.97 Å². The van der Waals surface area contributed by atoms with Gasteiger partial charge in [0, 0.05) is 5.02 Å². The van der Waals surface area contributed by atoms with Gasteiger partial charge in [-0.05, 0) is 43.3 Å². The van der Waals surface area contributed by atoms with Crippen LogP contribution in [0.25, 0.3) is 16.6 Å². The number of ether oxygens (including phenoxy) is 3. The second-order valence-electron chi connectivity index (χ2n) is 8.48. The molecular weight excluding hydrogens is 512 g/mol. The fourth-order valence-corrected chi connectivity index (χ4v) is 4.06. The maximum atomic E-state index is 13.1. The van der Waals surface area contributed by atoms with Crippen LogP contribution in [0.15, 0.2) is 47.3 Å². The van der Waals surface area contributed by atoms with Gasteiger partial charge in [0.05, 0.1) is 29.3 Å². The molecule has 0 aliphatic carbocycles. The monoisotopic (exact) mass is 536 g/mol. The van der Waals surface area contributed by atoms with E-state index in [-0.39, 0.29) is 23.3 Å². The third kappa shape index (κ3) is 5.45. The van der Waals surface area contributed by atoms with Crippen LogP contribution in [-0.2, 0) is 9.47 Å². The Morgan fingerprint density at radius 2 is 1.84 bits per heavy atom. The van der Waals surface area contributed by atoms with Gasteiger partial charge in [0.2, 0.25) is 11.1 Å². The zero-order valence-corrected chi connectivity index (χ0v) is 20.2. The van der Waals surface area contributed by atoms with E-state index in [1.54, 1.807) is 43.3 Å². The summed E-state index contributed by atoms with van der Waals surface area (Å²) in [6.07, 6.45) is -7.99. The summed E-state index contributed by atoms with van der Waals surface area (Å²) >= 11 is 5.96. The van der Waals surface area contributed by atoms with Crippen LogP contribution >= 0.6 is 11.6 Å². The number of aromatic carboxylic acids is 1. The number of carboxylic acids is 1. The minimum atomic E-state index is -1.60. The number of rotatable bonds is 8. The van der Waals surface area contributed by atoms with E-state index in [0.717, 1.165) is 0 Å². The molecule has 0 saturated carbocycles. The normalized spacial score (nSPS) is 24.6. The van der Waals surface area contributed by atoms with Gasteiger partial charge in [-0.15, -0.1) is 0 Å².